The Morgan fingerprint density at radius 1 is 1.30 bits per heavy atom. The smallest absolute Gasteiger partial charge is 0.272 e. The van der Waals surface area contributed by atoms with E-state index in [1.165, 1.54) is 0 Å². The van der Waals surface area contributed by atoms with Gasteiger partial charge < -0.3 is 15.4 Å². The number of carbonyl (C=O) groups excluding carboxylic acids is 2. The predicted molar refractivity (Wildman–Crippen MR) is 99.6 cm³/mol. The third-order valence-corrected chi connectivity index (χ3v) is 4.91. The van der Waals surface area contributed by atoms with E-state index < -0.39 is 0 Å². The number of carbonyl (C=O) groups is 2. The fourth-order valence-corrected chi connectivity index (χ4v) is 3.32. The van der Waals surface area contributed by atoms with Gasteiger partial charge in [-0.2, -0.15) is 5.10 Å². The number of nitrogens with zero attached hydrogens (tertiary/aromatic N) is 2. The van der Waals surface area contributed by atoms with E-state index in [9.17, 15) is 9.59 Å². The highest BCUT2D eigenvalue weighted by molar-refractivity contribution is 5.95. The Hall–Kier alpha value is -2.67. The predicted octanol–water partition coefficient (Wildman–Crippen LogP) is 1.59. The van der Waals surface area contributed by atoms with Crippen LogP contribution in [0.2, 0.25) is 0 Å². The number of nitrogens with one attached hydrogen (secondary N) is 2. The molecule has 0 radical (unpaired) electrons. The largest absolute Gasteiger partial charge is 0.376 e. The van der Waals surface area contributed by atoms with Crippen molar-refractivity contribution in [3.05, 3.63) is 52.3 Å². The normalized spacial score (nSPS) is 15.9. The molecule has 2 amide bonds. The first-order chi connectivity index (χ1) is 13.1. The molecule has 0 saturated heterocycles. The summed E-state index contributed by atoms with van der Waals surface area (Å²) in [6, 6.07) is 7.79. The molecule has 1 aromatic carbocycles. The molecule has 1 aliphatic carbocycles. The quantitative estimate of drug-likeness (QED) is 0.811. The summed E-state index contributed by atoms with van der Waals surface area (Å²) in [5.41, 5.74) is 4.07. The number of ether oxygens (including phenoxy) is 1. The minimum absolute atomic E-state index is 0.102. The molecule has 142 valence electrons. The molecular formula is C20H24N4O3. The summed E-state index contributed by atoms with van der Waals surface area (Å²) in [6.07, 6.45) is 2.80. The van der Waals surface area contributed by atoms with E-state index >= 15 is 0 Å². The topological polar surface area (TPSA) is 85.2 Å². The van der Waals surface area contributed by atoms with Crippen LogP contribution in [0.1, 0.15) is 50.5 Å². The van der Waals surface area contributed by atoms with Crippen LogP contribution in [0.3, 0.4) is 0 Å². The van der Waals surface area contributed by atoms with Crippen molar-refractivity contribution in [3.63, 3.8) is 0 Å². The highest BCUT2D eigenvalue weighted by Crippen LogP contribution is 2.23. The monoisotopic (exact) mass is 368 g/mol. The van der Waals surface area contributed by atoms with E-state index in [1.807, 2.05) is 29.8 Å². The molecule has 0 atom stereocenters. The standard InChI is InChI=1S/C20H24N4O3/c1-13-3-2-4-14(11-13)19(25)21-8-9-24-17-7-10-27-12-16(17)18(23-24)20(26)22-15-5-6-15/h2-4,11,15H,5-10,12H2,1H3,(H,21,25)(H,22,26). The van der Waals surface area contributed by atoms with Gasteiger partial charge in [0.05, 0.1) is 19.8 Å². The number of aryl methyl sites for hydroxylation is 1. The van der Waals surface area contributed by atoms with E-state index in [0.29, 0.717) is 37.6 Å². The molecule has 0 unspecified atom stereocenters. The van der Waals surface area contributed by atoms with Gasteiger partial charge >= 0.3 is 0 Å². The van der Waals surface area contributed by atoms with Crippen LogP contribution in [-0.2, 0) is 24.3 Å². The van der Waals surface area contributed by atoms with Crippen LogP contribution >= 0.6 is 0 Å². The maximum atomic E-state index is 12.5. The molecule has 7 nitrogen and oxygen atoms in total. The number of fused-ring (bicyclic) bond motifs is 1. The molecule has 2 aliphatic rings. The van der Waals surface area contributed by atoms with E-state index in [0.717, 1.165) is 36.1 Å². The molecule has 1 aliphatic heterocycles. The zero-order valence-corrected chi connectivity index (χ0v) is 15.5. The van der Waals surface area contributed by atoms with Crippen LogP contribution in [0.25, 0.3) is 0 Å². The third-order valence-electron chi connectivity index (χ3n) is 4.91. The van der Waals surface area contributed by atoms with Crippen LogP contribution in [-0.4, -0.2) is 40.8 Å². The fourth-order valence-electron chi connectivity index (χ4n) is 3.32. The van der Waals surface area contributed by atoms with Crippen molar-refractivity contribution in [3.8, 4) is 0 Å². The van der Waals surface area contributed by atoms with Crippen molar-refractivity contribution in [1.82, 2.24) is 20.4 Å². The van der Waals surface area contributed by atoms with Gasteiger partial charge in [0, 0.05) is 35.8 Å². The highest BCUT2D eigenvalue weighted by Gasteiger charge is 2.29. The van der Waals surface area contributed by atoms with Gasteiger partial charge in [0.25, 0.3) is 11.8 Å². The van der Waals surface area contributed by atoms with Crippen molar-refractivity contribution in [1.29, 1.82) is 0 Å². The van der Waals surface area contributed by atoms with Crippen molar-refractivity contribution in [2.75, 3.05) is 13.2 Å². The first kappa shape index (κ1) is 17.7. The van der Waals surface area contributed by atoms with Crippen LogP contribution in [0, 0.1) is 6.92 Å². The first-order valence-corrected chi connectivity index (χ1v) is 9.44. The van der Waals surface area contributed by atoms with Gasteiger partial charge in [-0.1, -0.05) is 17.7 Å². The van der Waals surface area contributed by atoms with E-state index in [2.05, 4.69) is 15.7 Å². The van der Waals surface area contributed by atoms with Crippen LogP contribution in [0.15, 0.2) is 24.3 Å². The number of rotatable bonds is 6. The van der Waals surface area contributed by atoms with Crippen molar-refractivity contribution in [2.45, 2.75) is 45.4 Å². The molecule has 2 aromatic rings. The van der Waals surface area contributed by atoms with Crippen LogP contribution in [0.5, 0.6) is 0 Å². The summed E-state index contributed by atoms with van der Waals surface area (Å²) in [5, 5.41) is 10.5. The maximum absolute atomic E-state index is 12.5. The second-order valence-corrected chi connectivity index (χ2v) is 7.17. The molecular weight excluding hydrogens is 344 g/mol. The molecule has 0 spiro atoms. The molecule has 7 heteroatoms. The fraction of sp³-hybridized carbons (Fsp3) is 0.450. The summed E-state index contributed by atoms with van der Waals surface area (Å²) in [7, 11) is 0. The first-order valence-electron chi connectivity index (χ1n) is 9.44. The Kier molecular flexibility index (Phi) is 4.94. The molecule has 1 fully saturated rings. The van der Waals surface area contributed by atoms with E-state index in [4.69, 9.17) is 4.74 Å². The SMILES string of the molecule is Cc1cccc(C(=O)NCCn2nc(C(=O)NC3CC3)c3c2CCOC3)c1. The Morgan fingerprint density at radius 3 is 2.93 bits per heavy atom. The molecule has 1 aromatic heterocycles. The lowest BCUT2D eigenvalue weighted by molar-refractivity contribution is 0.0921. The van der Waals surface area contributed by atoms with Crippen molar-refractivity contribution in [2.24, 2.45) is 0 Å². The van der Waals surface area contributed by atoms with Gasteiger partial charge in [-0.05, 0) is 31.9 Å². The van der Waals surface area contributed by atoms with Gasteiger partial charge in [-0.3, -0.25) is 14.3 Å². The van der Waals surface area contributed by atoms with Gasteiger partial charge in [-0.15, -0.1) is 0 Å². The Balaban J connectivity index is 1.43. The number of hydrogen-bond acceptors (Lipinski definition) is 4. The molecule has 4 rings (SSSR count). The molecule has 1 saturated carbocycles. The Morgan fingerprint density at radius 2 is 2.15 bits per heavy atom. The lowest BCUT2D eigenvalue weighted by atomic mass is 10.1. The number of aromatic nitrogens is 2. The third kappa shape index (κ3) is 4.03. The van der Waals surface area contributed by atoms with Gasteiger partial charge in [-0.25, -0.2) is 0 Å². The summed E-state index contributed by atoms with van der Waals surface area (Å²) >= 11 is 0. The number of benzene rings is 1. The van der Waals surface area contributed by atoms with Gasteiger partial charge in [0.1, 0.15) is 0 Å². The van der Waals surface area contributed by atoms with E-state index in [1.54, 1.807) is 6.07 Å². The Bertz CT molecular complexity index is 870. The van der Waals surface area contributed by atoms with Crippen molar-refractivity contribution >= 4 is 11.8 Å². The second-order valence-electron chi connectivity index (χ2n) is 7.17. The zero-order chi connectivity index (χ0) is 18.8. The lowest BCUT2D eigenvalue weighted by Gasteiger charge is -2.15. The summed E-state index contributed by atoms with van der Waals surface area (Å²) in [4.78, 5) is 24.8. The zero-order valence-electron chi connectivity index (χ0n) is 15.5. The van der Waals surface area contributed by atoms with Crippen LogP contribution in [0.4, 0.5) is 0 Å². The van der Waals surface area contributed by atoms with E-state index in [-0.39, 0.29) is 17.9 Å². The maximum Gasteiger partial charge on any atom is 0.272 e. The lowest BCUT2D eigenvalue weighted by Crippen LogP contribution is -2.28. The van der Waals surface area contributed by atoms with Crippen molar-refractivity contribution < 1.29 is 14.3 Å². The average molecular weight is 368 g/mol. The molecule has 27 heavy (non-hydrogen) atoms. The Labute approximate surface area is 158 Å². The van der Waals surface area contributed by atoms with Gasteiger partial charge in [0.15, 0.2) is 5.69 Å². The van der Waals surface area contributed by atoms with Gasteiger partial charge in [0.2, 0.25) is 0 Å². The van der Waals surface area contributed by atoms with Crippen LogP contribution < -0.4 is 10.6 Å². The number of hydrogen-bond donors (Lipinski definition) is 2. The highest BCUT2D eigenvalue weighted by atomic mass is 16.5. The number of amides is 2. The summed E-state index contributed by atoms with van der Waals surface area (Å²) in [5.74, 6) is -0.225. The molecule has 2 N–H and O–H groups in total. The average Bonchev–Trinajstić information content (AvgIpc) is 3.41. The second kappa shape index (κ2) is 7.52. The minimum Gasteiger partial charge on any atom is -0.376 e. The summed E-state index contributed by atoms with van der Waals surface area (Å²) < 4.78 is 7.37. The minimum atomic E-state index is -0.123. The molecule has 2 heterocycles. The summed E-state index contributed by atoms with van der Waals surface area (Å²) in [6.45, 7) is 3.97. The molecule has 0 bridgehead atoms.